The molecule has 3 heterocycles. The Morgan fingerprint density at radius 3 is 2.68 bits per heavy atom. The third-order valence-electron chi connectivity index (χ3n) is 6.22. The molecule has 1 atom stereocenters. The van der Waals surface area contributed by atoms with Crippen LogP contribution in [0, 0.1) is 0 Å². The highest BCUT2D eigenvalue weighted by atomic mass is 16.5. The van der Waals surface area contributed by atoms with Gasteiger partial charge in [-0.2, -0.15) is 0 Å². The third-order valence-corrected chi connectivity index (χ3v) is 6.22. The number of pyridine rings is 1. The average molecular weight is 449 g/mol. The molecule has 4 aromatic rings. The number of methoxy groups -OCH3 is 1. The normalized spacial score (nSPS) is 17.8. The van der Waals surface area contributed by atoms with E-state index in [1.807, 2.05) is 54.6 Å². The Bertz CT molecular complexity index is 1500. The molecule has 0 fully saturated rings. The van der Waals surface area contributed by atoms with Crippen molar-refractivity contribution >= 4 is 28.7 Å². The van der Waals surface area contributed by atoms with Gasteiger partial charge in [0.2, 0.25) is 5.78 Å². The van der Waals surface area contributed by atoms with E-state index in [0.717, 1.165) is 27.8 Å². The van der Waals surface area contributed by atoms with Gasteiger partial charge in [0.15, 0.2) is 5.76 Å². The second-order valence-electron chi connectivity index (χ2n) is 8.25. The standard InChI is InChI=1S/C28H19NO5/c1-32-19-7-4-16(5-8-19)13-24-27(31)20-9-11-23-26(28(20)34-24)21(15-25(30)33-23)17-6-10-22-18(14-17)3-2-12-29-22/h2-14,21H,15H2,1H3/b24-13-/t21-/m0/s1. The molecule has 0 bridgehead atoms. The van der Waals surface area contributed by atoms with Crippen molar-refractivity contribution < 1.29 is 23.8 Å². The van der Waals surface area contributed by atoms with Crippen LogP contribution in [-0.2, 0) is 4.79 Å². The molecule has 6 nitrogen and oxygen atoms in total. The van der Waals surface area contributed by atoms with Gasteiger partial charge in [-0.25, -0.2) is 0 Å². The van der Waals surface area contributed by atoms with Crippen LogP contribution in [0.15, 0.2) is 78.7 Å². The SMILES string of the molecule is COc1ccc(/C=C2\Oc3c(ccc4c3[C@H](c3ccc5ncccc5c3)CC(=O)O4)C2=O)cc1. The highest BCUT2D eigenvalue weighted by molar-refractivity contribution is 6.15. The number of rotatable bonds is 3. The van der Waals surface area contributed by atoms with Gasteiger partial charge in [-0.3, -0.25) is 14.6 Å². The minimum atomic E-state index is -0.318. The topological polar surface area (TPSA) is 74.7 Å². The van der Waals surface area contributed by atoms with Gasteiger partial charge in [-0.05, 0) is 59.7 Å². The fourth-order valence-corrected chi connectivity index (χ4v) is 4.55. The van der Waals surface area contributed by atoms with Gasteiger partial charge in [-0.15, -0.1) is 0 Å². The lowest BCUT2D eigenvalue weighted by Crippen LogP contribution is -2.21. The Morgan fingerprint density at radius 1 is 1.00 bits per heavy atom. The summed E-state index contributed by atoms with van der Waals surface area (Å²) in [6.07, 6.45) is 3.61. The highest BCUT2D eigenvalue weighted by Crippen LogP contribution is 2.49. The molecule has 1 aromatic heterocycles. The number of Topliss-reactive ketones (excluding diaryl/α,β-unsaturated/α-hetero) is 1. The zero-order valence-corrected chi connectivity index (χ0v) is 18.3. The fourth-order valence-electron chi connectivity index (χ4n) is 4.55. The van der Waals surface area contributed by atoms with E-state index < -0.39 is 0 Å². The first-order valence-corrected chi connectivity index (χ1v) is 10.9. The number of fused-ring (bicyclic) bond motifs is 4. The Hall–Kier alpha value is -4.45. The van der Waals surface area contributed by atoms with Crippen molar-refractivity contribution in [2.75, 3.05) is 7.11 Å². The maximum Gasteiger partial charge on any atom is 0.312 e. The molecule has 0 aliphatic carbocycles. The monoisotopic (exact) mass is 449 g/mol. The maximum absolute atomic E-state index is 13.2. The van der Waals surface area contributed by atoms with Crippen molar-refractivity contribution in [1.82, 2.24) is 4.98 Å². The largest absolute Gasteiger partial charge is 0.497 e. The third kappa shape index (κ3) is 3.31. The molecule has 0 N–H and O–H groups in total. The second kappa shape index (κ2) is 7.85. The number of nitrogens with zero attached hydrogens (tertiary/aromatic N) is 1. The number of hydrogen-bond acceptors (Lipinski definition) is 6. The summed E-state index contributed by atoms with van der Waals surface area (Å²) in [4.78, 5) is 30.0. The van der Waals surface area contributed by atoms with Gasteiger partial charge in [0.05, 0.1) is 24.6 Å². The van der Waals surface area contributed by atoms with Gasteiger partial charge in [0.1, 0.15) is 17.2 Å². The summed E-state index contributed by atoms with van der Waals surface area (Å²) in [6, 6.07) is 20.5. The summed E-state index contributed by atoms with van der Waals surface area (Å²) >= 11 is 0. The molecular weight excluding hydrogens is 430 g/mol. The number of benzene rings is 3. The lowest BCUT2D eigenvalue weighted by Gasteiger charge is -2.26. The van der Waals surface area contributed by atoms with Crippen LogP contribution in [0.2, 0.25) is 0 Å². The van der Waals surface area contributed by atoms with E-state index in [-0.39, 0.29) is 29.9 Å². The molecular formula is C28H19NO5. The Labute approximate surface area is 195 Å². The molecule has 2 aliphatic rings. The van der Waals surface area contributed by atoms with Crippen LogP contribution in [0.1, 0.15) is 39.4 Å². The van der Waals surface area contributed by atoms with Crippen LogP contribution in [-0.4, -0.2) is 23.8 Å². The number of ketones is 1. The summed E-state index contributed by atoms with van der Waals surface area (Å²) < 4.78 is 16.9. The summed E-state index contributed by atoms with van der Waals surface area (Å²) in [7, 11) is 1.60. The first kappa shape index (κ1) is 20.2. The fraction of sp³-hybridized carbons (Fsp3) is 0.107. The maximum atomic E-state index is 13.2. The molecule has 0 saturated carbocycles. The lowest BCUT2D eigenvalue weighted by molar-refractivity contribution is -0.135. The number of allylic oxidation sites excluding steroid dienone is 1. The van der Waals surface area contributed by atoms with Crippen molar-refractivity contribution in [2.45, 2.75) is 12.3 Å². The molecule has 0 unspecified atom stereocenters. The van der Waals surface area contributed by atoms with Crippen LogP contribution in [0.5, 0.6) is 17.2 Å². The first-order chi connectivity index (χ1) is 16.6. The van der Waals surface area contributed by atoms with E-state index in [9.17, 15) is 9.59 Å². The van der Waals surface area contributed by atoms with E-state index in [1.165, 1.54) is 0 Å². The van der Waals surface area contributed by atoms with Crippen LogP contribution in [0.4, 0.5) is 0 Å². The van der Waals surface area contributed by atoms with Gasteiger partial charge in [-0.1, -0.05) is 24.3 Å². The number of carbonyl (C=O) groups is 2. The van der Waals surface area contributed by atoms with Crippen LogP contribution < -0.4 is 14.2 Å². The van der Waals surface area contributed by atoms with Gasteiger partial charge in [0.25, 0.3) is 0 Å². The molecule has 3 aromatic carbocycles. The van der Waals surface area contributed by atoms with E-state index in [2.05, 4.69) is 4.98 Å². The average Bonchev–Trinajstić information content (AvgIpc) is 3.18. The molecule has 6 heteroatoms. The predicted octanol–water partition coefficient (Wildman–Crippen LogP) is 5.30. The molecule has 0 amide bonds. The Kier molecular flexibility index (Phi) is 4.66. The van der Waals surface area contributed by atoms with Crippen molar-refractivity contribution in [3.8, 4) is 17.2 Å². The van der Waals surface area contributed by atoms with Crippen molar-refractivity contribution in [3.63, 3.8) is 0 Å². The smallest absolute Gasteiger partial charge is 0.312 e. The number of hydrogen-bond donors (Lipinski definition) is 0. The van der Waals surface area contributed by atoms with E-state index in [0.29, 0.717) is 22.6 Å². The van der Waals surface area contributed by atoms with Crippen molar-refractivity contribution in [3.05, 3.63) is 101 Å². The van der Waals surface area contributed by atoms with Crippen LogP contribution >= 0.6 is 0 Å². The van der Waals surface area contributed by atoms with Gasteiger partial charge >= 0.3 is 5.97 Å². The quantitative estimate of drug-likeness (QED) is 0.240. The van der Waals surface area contributed by atoms with E-state index in [1.54, 1.807) is 31.5 Å². The molecule has 0 radical (unpaired) electrons. The summed E-state index contributed by atoms with van der Waals surface area (Å²) in [6.45, 7) is 0. The van der Waals surface area contributed by atoms with Crippen LogP contribution in [0.25, 0.3) is 17.0 Å². The molecule has 34 heavy (non-hydrogen) atoms. The summed E-state index contributed by atoms with van der Waals surface area (Å²) in [5.41, 5.74) is 3.81. The van der Waals surface area contributed by atoms with Crippen molar-refractivity contribution in [2.24, 2.45) is 0 Å². The molecule has 2 aliphatic heterocycles. The number of aromatic nitrogens is 1. The molecule has 166 valence electrons. The number of carbonyl (C=O) groups excluding carboxylic acids is 2. The Balaban J connectivity index is 1.44. The summed E-state index contributed by atoms with van der Waals surface area (Å²) in [5, 5.41) is 0.977. The van der Waals surface area contributed by atoms with Gasteiger partial charge in [0, 0.05) is 23.1 Å². The molecule has 0 spiro atoms. The molecule has 6 rings (SSSR count). The molecule has 0 saturated heterocycles. The zero-order valence-electron chi connectivity index (χ0n) is 18.3. The minimum Gasteiger partial charge on any atom is -0.497 e. The zero-order chi connectivity index (χ0) is 23.2. The predicted molar refractivity (Wildman–Crippen MR) is 126 cm³/mol. The lowest BCUT2D eigenvalue weighted by atomic mass is 9.84. The number of esters is 1. The number of ether oxygens (including phenoxy) is 3. The minimum absolute atomic E-state index is 0.157. The van der Waals surface area contributed by atoms with Crippen molar-refractivity contribution in [1.29, 1.82) is 0 Å². The summed E-state index contributed by atoms with van der Waals surface area (Å²) in [5.74, 6) is 1.01. The van der Waals surface area contributed by atoms with Gasteiger partial charge < -0.3 is 14.2 Å². The van der Waals surface area contributed by atoms with Crippen LogP contribution in [0.3, 0.4) is 0 Å². The highest BCUT2D eigenvalue weighted by Gasteiger charge is 2.38. The Morgan fingerprint density at radius 2 is 1.85 bits per heavy atom. The van der Waals surface area contributed by atoms with E-state index in [4.69, 9.17) is 14.2 Å². The first-order valence-electron chi connectivity index (χ1n) is 10.9. The second-order valence-corrected chi connectivity index (χ2v) is 8.25. The van der Waals surface area contributed by atoms with E-state index >= 15 is 0 Å².